The van der Waals surface area contributed by atoms with Crippen LogP contribution in [0.25, 0.3) is 0 Å². The molecule has 0 radical (unpaired) electrons. The highest BCUT2D eigenvalue weighted by Crippen LogP contribution is 2.18. The highest BCUT2D eigenvalue weighted by Gasteiger charge is 2.16. The van der Waals surface area contributed by atoms with Crippen LogP contribution < -0.4 is 16.0 Å². The maximum absolute atomic E-state index is 12.1. The van der Waals surface area contributed by atoms with Gasteiger partial charge in [0.1, 0.15) is 6.04 Å². The van der Waals surface area contributed by atoms with E-state index in [4.69, 9.17) is 0 Å². The largest absolute Gasteiger partial charge is 0.374 e. The number of nitrogens with one attached hydrogen (secondary N) is 3. The fraction of sp³-hybridized carbons (Fsp3) is 0.263. The molecule has 0 aliphatic carbocycles. The monoisotopic (exact) mass is 325 g/mol. The average Bonchev–Trinajstić information content (AvgIpc) is 2.58. The van der Waals surface area contributed by atoms with Gasteiger partial charge in [0, 0.05) is 12.2 Å². The minimum absolute atomic E-state index is 0.374. The number of rotatable bonds is 5. The molecule has 0 heterocycles. The van der Waals surface area contributed by atoms with Crippen molar-refractivity contribution in [3.8, 4) is 0 Å². The zero-order chi connectivity index (χ0) is 17.5. The molecule has 1 unspecified atom stereocenters. The van der Waals surface area contributed by atoms with Crippen molar-refractivity contribution in [2.45, 2.75) is 33.4 Å². The molecule has 3 N–H and O–H groups in total. The molecular weight excluding hydrogens is 302 g/mol. The van der Waals surface area contributed by atoms with Crippen LogP contribution in [0.3, 0.4) is 0 Å². The molecule has 0 aromatic heterocycles. The molecule has 0 fully saturated rings. The molecule has 0 saturated carbocycles. The number of carbonyl (C=O) groups is 2. The summed E-state index contributed by atoms with van der Waals surface area (Å²) >= 11 is 0. The van der Waals surface area contributed by atoms with E-state index >= 15 is 0 Å². The number of hydrogen-bond acceptors (Lipinski definition) is 3. The van der Waals surface area contributed by atoms with E-state index in [1.165, 1.54) is 0 Å². The van der Waals surface area contributed by atoms with Gasteiger partial charge in [-0.3, -0.25) is 10.1 Å². The lowest BCUT2D eigenvalue weighted by Crippen LogP contribution is -2.45. The summed E-state index contributed by atoms with van der Waals surface area (Å²) < 4.78 is 0. The normalized spacial score (nSPS) is 11.5. The first-order valence-electron chi connectivity index (χ1n) is 7.92. The Morgan fingerprint density at radius 2 is 1.71 bits per heavy atom. The molecule has 2 rings (SSSR count). The Morgan fingerprint density at radius 3 is 2.42 bits per heavy atom. The van der Waals surface area contributed by atoms with Crippen LogP contribution in [0.2, 0.25) is 0 Å². The van der Waals surface area contributed by atoms with Crippen molar-refractivity contribution in [1.82, 2.24) is 10.6 Å². The molecule has 0 bridgehead atoms. The van der Waals surface area contributed by atoms with Crippen molar-refractivity contribution in [2.24, 2.45) is 0 Å². The molecule has 2 aromatic carbocycles. The number of aryl methyl sites for hydroxylation is 1. The summed E-state index contributed by atoms with van der Waals surface area (Å²) in [6.07, 6.45) is 0. The Bertz CT molecular complexity index is 714. The Labute approximate surface area is 142 Å². The van der Waals surface area contributed by atoms with Crippen molar-refractivity contribution in [3.05, 3.63) is 65.2 Å². The predicted octanol–water partition coefficient (Wildman–Crippen LogP) is 3.13. The fourth-order valence-electron chi connectivity index (χ4n) is 2.25. The van der Waals surface area contributed by atoms with E-state index in [1.54, 1.807) is 6.92 Å². The van der Waals surface area contributed by atoms with Gasteiger partial charge in [-0.25, -0.2) is 4.79 Å². The molecule has 2 aromatic rings. The van der Waals surface area contributed by atoms with Crippen LogP contribution in [0.15, 0.2) is 48.5 Å². The Morgan fingerprint density at radius 1 is 1.00 bits per heavy atom. The van der Waals surface area contributed by atoms with E-state index in [-0.39, 0.29) is 5.91 Å². The first-order valence-corrected chi connectivity index (χ1v) is 7.92. The summed E-state index contributed by atoms with van der Waals surface area (Å²) in [7, 11) is 0. The predicted molar refractivity (Wildman–Crippen MR) is 95.8 cm³/mol. The summed E-state index contributed by atoms with van der Waals surface area (Å²) in [5, 5.41) is 8.16. The number of anilines is 1. The number of urea groups is 1. The van der Waals surface area contributed by atoms with E-state index in [2.05, 4.69) is 16.0 Å². The minimum atomic E-state index is -0.520. The number of amides is 3. The Balaban J connectivity index is 1.84. The highest BCUT2D eigenvalue weighted by atomic mass is 16.2. The molecule has 0 aliphatic rings. The minimum Gasteiger partial charge on any atom is -0.374 e. The molecule has 0 saturated heterocycles. The summed E-state index contributed by atoms with van der Waals surface area (Å²) in [4.78, 5) is 24.0. The summed E-state index contributed by atoms with van der Waals surface area (Å²) in [5.74, 6) is -0.374. The molecule has 0 aliphatic heterocycles. The van der Waals surface area contributed by atoms with Crippen molar-refractivity contribution < 1.29 is 9.59 Å². The summed E-state index contributed by atoms with van der Waals surface area (Å²) in [6.45, 7) is 6.11. The molecule has 126 valence electrons. The van der Waals surface area contributed by atoms with Gasteiger partial charge in [0.25, 0.3) is 0 Å². The van der Waals surface area contributed by atoms with Gasteiger partial charge in [0.15, 0.2) is 0 Å². The van der Waals surface area contributed by atoms with Crippen LogP contribution in [-0.4, -0.2) is 18.0 Å². The highest BCUT2D eigenvalue weighted by molar-refractivity contribution is 5.98. The lowest BCUT2D eigenvalue weighted by atomic mass is 10.1. The molecular formula is C19H23N3O2. The fourth-order valence-corrected chi connectivity index (χ4v) is 2.25. The standard InChI is InChI=1S/C19H23N3O2/c1-13-8-7-11-17(14(13)2)21-15(3)18(23)22-19(24)20-12-16-9-5-4-6-10-16/h4-11,15,21H,12H2,1-3H3,(H2,20,22,23,24). The van der Waals surface area contributed by atoms with Crippen LogP contribution in [0.1, 0.15) is 23.6 Å². The molecule has 5 nitrogen and oxygen atoms in total. The Hall–Kier alpha value is -2.82. The van der Waals surface area contributed by atoms with E-state index in [1.807, 2.05) is 62.4 Å². The van der Waals surface area contributed by atoms with Gasteiger partial charge in [0.05, 0.1) is 0 Å². The molecule has 24 heavy (non-hydrogen) atoms. The van der Waals surface area contributed by atoms with Crippen LogP contribution in [-0.2, 0) is 11.3 Å². The average molecular weight is 325 g/mol. The van der Waals surface area contributed by atoms with E-state index < -0.39 is 12.1 Å². The van der Waals surface area contributed by atoms with Crippen molar-refractivity contribution in [2.75, 3.05) is 5.32 Å². The zero-order valence-corrected chi connectivity index (χ0v) is 14.2. The Kier molecular flexibility index (Phi) is 5.95. The number of imide groups is 1. The van der Waals surface area contributed by atoms with E-state index in [0.717, 1.165) is 22.4 Å². The lowest BCUT2D eigenvalue weighted by Gasteiger charge is -2.17. The quantitative estimate of drug-likeness (QED) is 0.791. The van der Waals surface area contributed by atoms with E-state index in [0.29, 0.717) is 6.54 Å². The van der Waals surface area contributed by atoms with Gasteiger partial charge in [-0.1, -0.05) is 42.5 Å². The second kappa shape index (κ2) is 8.15. The summed E-state index contributed by atoms with van der Waals surface area (Å²) in [6, 6.07) is 14.4. The van der Waals surface area contributed by atoms with Gasteiger partial charge in [-0.2, -0.15) is 0 Å². The van der Waals surface area contributed by atoms with Crippen molar-refractivity contribution in [1.29, 1.82) is 0 Å². The van der Waals surface area contributed by atoms with Gasteiger partial charge >= 0.3 is 6.03 Å². The van der Waals surface area contributed by atoms with Crippen LogP contribution >= 0.6 is 0 Å². The van der Waals surface area contributed by atoms with Crippen molar-refractivity contribution >= 4 is 17.6 Å². The third kappa shape index (κ3) is 4.84. The molecule has 1 atom stereocenters. The van der Waals surface area contributed by atoms with Crippen LogP contribution in [0.4, 0.5) is 10.5 Å². The van der Waals surface area contributed by atoms with Crippen molar-refractivity contribution in [3.63, 3.8) is 0 Å². The van der Waals surface area contributed by atoms with Gasteiger partial charge in [-0.05, 0) is 43.5 Å². The first-order chi connectivity index (χ1) is 11.5. The van der Waals surface area contributed by atoms with Gasteiger partial charge in [-0.15, -0.1) is 0 Å². The molecule has 0 spiro atoms. The van der Waals surface area contributed by atoms with Gasteiger partial charge < -0.3 is 10.6 Å². The zero-order valence-electron chi connectivity index (χ0n) is 14.2. The van der Waals surface area contributed by atoms with E-state index in [9.17, 15) is 9.59 Å². The SMILES string of the molecule is Cc1cccc(NC(C)C(=O)NC(=O)NCc2ccccc2)c1C. The maximum Gasteiger partial charge on any atom is 0.321 e. The maximum atomic E-state index is 12.1. The summed E-state index contributed by atoms with van der Waals surface area (Å²) in [5.41, 5.74) is 4.10. The second-order valence-electron chi connectivity index (χ2n) is 5.77. The topological polar surface area (TPSA) is 70.2 Å². The second-order valence-corrected chi connectivity index (χ2v) is 5.77. The first kappa shape index (κ1) is 17.5. The molecule has 3 amide bonds. The third-order valence-corrected chi connectivity index (χ3v) is 3.90. The number of carbonyl (C=O) groups excluding carboxylic acids is 2. The lowest BCUT2D eigenvalue weighted by molar-refractivity contribution is -0.120. The van der Waals surface area contributed by atoms with Crippen LogP contribution in [0, 0.1) is 13.8 Å². The number of benzene rings is 2. The van der Waals surface area contributed by atoms with Gasteiger partial charge in [0.2, 0.25) is 5.91 Å². The third-order valence-electron chi connectivity index (χ3n) is 3.90. The molecule has 5 heteroatoms. The van der Waals surface area contributed by atoms with Crippen LogP contribution in [0.5, 0.6) is 0 Å². The number of hydrogen-bond donors (Lipinski definition) is 3. The smallest absolute Gasteiger partial charge is 0.321 e.